The first-order valence-corrected chi connectivity index (χ1v) is 11.3. The van der Waals surface area contributed by atoms with Gasteiger partial charge in [0.2, 0.25) is 5.91 Å². The van der Waals surface area contributed by atoms with Crippen LogP contribution < -0.4 is 10.1 Å². The summed E-state index contributed by atoms with van der Waals surface area (Å²) in [6.07, 6.45) is 3.15. The van der Waals surface area contributed by atoms with E-state index in [2.05, 4.69) is 25.7 Å². The number of anilines is 1. The van der Waals surface area contributed by atoms with Crippen LogP contribution in [0.25, 0.3) is 22.2 Å². The number of carbonyl (C=O) groups excluding carboxylic acids is 2. The van der Waals surface area contributed by atoms with Crippen LogP contribution in [0, 0.1) is 5.92 Å². The Hall–Kier alpha value is -3.85. The molecule has 2 aromatic carbocycles. The zero-order valence-corrected chi connectivity index (χ0v) is 19.2. The zero-order valence-electron chi connectivity index (χ0n) is 18.5. The molecule has 5 rings (SSSR count). The molecule has 0 bridgehead atoms. The lowest BCUT2D eigenvalue weighted by molar-refractivity contribution is -0.121. The van der Waals surface area contributed by atoms with Crippen LogP contribution in [0.2, 0.25) is 5.02 Å². The molecule has 0 spiro atoms. The molecule has 2 aromatic heterocycles. The summed E-state index contributed by atoms with van der Waals surface area (Å²) in [7, 11) is 1.58. The Bertz CT molecular complexity index is 1360. The molecule has 4 aromatic rings. The number of nitrogens with one attached hydrogen (secondary N) is 3. The van der Waals surface area contributed by atoms with Crippen LogP contribution in [0.15, 0.2) is 48.7 Å². The molecule has 2 amide bonds. The van der Waals surface area contributed by atoms with E-state index in [-0.39, 0.29) is 17.7 Å². The van der Waals surface area contributed by atoms with E-state index in [1.54, 1.807) is 48.5 Å². The van der Waals surface area contributed by atoms with Crippen molar-refractivity contribution in [3.05, 3.63) is 59.2 Å². The van der Waals surface area contributed by atoms with Crippen molar-refractivity contribution in [2.45, 2.75) is 12.8 Å². The second-order valence-electron chi connectivity index (χ2n) is 8.26. The lowest BCUT2D eigenvalue weighted by Gasteiger charge is -2.32. The number of ether oxygens (including phenoxy) is 1. The zero-order chi connectivity index (χ0) is 23.7. The fourth-order valence-corrected chi connectivity index (χ4v) is 4.45. The fraction of sp³-hybridized carbons (Fsp3) is 0.250. The van der Waals surface area contributed by atoms with E-state index in [1.165, 1.54) is 0 Å². The summed E-state index contributed by atoms with van der Waals surface area (Å²) < 4.78 is 5.39. The molecular formula is C24H23ClN6O3. The number of hydrogen-bond acceptors (Lipinski definition) is 5. The Labute approximate surface area is 200 Å². The lowest BCUT2D eigenvalue weighted by atomic mass is 9.96. The number of halogens is 1. The Kier molecular flexibility index (Phi) is 5.93. The molecule has 9 nitrogen and oxygen atoms in total. The van der Waals surface area contributed by atoms with Gasteiger partial charge in [0, 0.05) is 40.7 Å². The molecule has 1 unspecified atom stereocenters. The van der Waals surface area contributed by atoms with Crippen molar-refractivity contribution in [2.24, 2.45) is 5.92 Å². The highest BCUT2D eigenvalue weighted by Crippen LogP contribution is 2.32. The van der Waals surface area contributed by atoms with Gasteiger partial charge in [-0.05, 0) is 49.2 Å². The number of hydrogen-bond donors (Lipinski definition) is 3. The van der Waals surface area contributed by atoms with E-state index in [4.69, 9.17) is 16.3 Å². The number of nitrogens with zero attached hydrogens (tertiary/aromatic N) is 3. The van der Waals surface area contributed by atoms with Gasteiger partial charge < -0.3 is 15.0 Å². The number of rotatable bonds is 5. The van der Waals surface area contributed by atoms with Gasteiger partial charge in [-0.2, -0.15) is 10.2 Å². The normalized spacial score (nSPS) is 15.9. The smallest absolute Gasteiger partial charge is 0.253 e. The van der Waals surface area contributed by atoms with Crippen molar-refractivity contribution in [3.63, 3.8) is 0 Å². The Morgan fingerprint density at radius 2 is 2.06 bits per heavy atom. The van der Waals surface area contributed by atoms with E-state index < -0.39 is 0 Å². The summed E-state index contributed by atoms with van der Waals surface area (Å²) in [6.45, 7) is 0.973. The third kappa shape index (κ3) is 4.34. The molecule has 1 aliphatic heterocycles. The van der Waals surface area contributed by atoms with Crippen LogP contribution in [0.4, 0.5) is 5.82 Å². The number of carbonyl (C=O) groups is 2. The van der Waals surface area contributed by atoms with Gasteiger partial charge in [0.1, 0.15) is 5.75 Å². The summed E-state index contributed by atoms with van der Waals surface area (Å²) in [5.41, 5.74) is 2.88. The van der Waals surface area contributed by atoms with Crippen molar-refractivity contribution >= 4 is 40.1 Å². The summed E-state index contributed by atoms with van der Waals surface area (Å²) in [4.78, 5) is 27.8. The average molecular weight is 479 g/mol. The Balaban J connectivity index is 1.26. The number of methoxy groups -OCH3 is 1. The van der Waals surface area contributed by atoms with E-state index in [9.17, 15) is 9.59 Å². The molecule has 34 heavy (non-hydrogen) atoms. The predicted octanol–water partition coefficient (Wildman–Crippen LogP) is 4.11. The average Bonchev–Trinajstić information content (AvgIpc) is 3.52. The highest BCUT2D eigenvalue weighted by atomic mass is 35.5. The minimum Gasteiger partial charge on any atom is -0.496 e. The highest BCUT2D eigenvalue weighted by molar-refractivity contribution is 6.31. The number of amides is 2. The standard InChI is InChI=1S/C24H23ClN6O3/c1-34-21-7-5-17(25)10-18(21)20-11-22(30-29-20)27-23(32)15-3-2-8-31(13-15)24(33)14-4-6-19-16(9-14)12-26-28-19/h4-7,9-12,15H,2-3,8,13H2,1H3,(H,26,28)(H2,27,29,30,32). The second kappa shape index (κ2) is 9.18. The third-order valence-electron chi connectivity index (χ3n) is 6.05. The molecule has 174 valence electrons. The second-order valence-corrected chi connectivity index (χ2v) is 8.70. The van der Waals surface area contributed by atoms with Gasteiger partial charge in [0.05, 0.1) is 30.4 Å². The van der Waals surface area contributed by atoms with Crippen LogP contribution in [-0.2, 0) is 4.79 Å². The minimum atomic E-state index is -0.323. The van der Waals surface area contributed by atoms with Crippen molar-refractivity contribution in [3.8, 4) is 17.0 Å². The summed E-state index contributed by atoms with van der Waals surface area (Å²) in [5, 5.41) is 18.3. The largest absolute Gasteiger partial charge is 0.496 e. The summed E-state index contributed by atoms with van der Waals surface area (Å²) in [5.74, 6) is 0.461. The predicted molar refractivity (Wildman–Crippen MR) is 129 cm³/mol. The lowest BCUT2D eigenvalue weighted by Crippen LogP contribution is -2.43. The molecule has 0 saturated carbocycles. The number of aromatic nitrogens is 4. The number of likely N-dealkylation sites (tertiary alicyclic amines) is 1. The van der Waals surface area contributed by atoms with Gasteiger partial charge in [-0.25, -0.2) is 0 Å². The molecule has 0 radical (unpaired) electrons. The molecule has 10 heteroatoms. The van der Waals surface area contributed by atoms with Crippen LogP contribution in [0.5, 0.6) is 5.75 Å². The number of fused-ring (bicyclic) bond motifs is 1. The van der Waals surface area contributed by atoms with Crippen molar-refractivity contribution in [1.29, 1.82) is 0 Å². The molecule has 3 N–H and O–H groups in total. The SMILES string of the molecule is COc1ccc(Cl)cc1-c1cc(NC(=O)C2CCCN(C(=O)c3ccc4[nH]ncc4c3)C2)n[nH]1. The number of benzene rings is 2. The quantitative estimate of drug-likeness (QED) is 0.399. The van der Waals surface area contributed by atoms with E-state index >= 15 is 0 Å². The van der Waals surface area contributed by atoms with Crippen molar-refractivity contribution in [2.75, 3.05) is 25.5 Å². The van der Waals surface area contributed by atoms with Crippen LogP contribution >= 0.6 is 11.6 Å². The highest BCUT2D eigenvalue weighted by Gasteiger charge is 2.29. The third-order valence-corrected chi connectivity index (χ3v) is 6.28. The van der Waals surface area contributed by atoms with Crippen LogP contribution in [-0.4, -0.2) is 57.3 Å². The molecular weight excluding hydrogens is 456 g/mol. The maximum atomic E-state index is 13.1. The number of piperidine rings is 1. The Morgan fingerprint density at radius 3 is 2.91 bits per heavy atom. The van der Waals surface area contributed by atoms with E-state index in [1.807, 2.05) is 12.1 Å². The van der Waals surface area contributed by atoms with Crippen molar-refractivity contribution < 1.29 is 14.3 Å². The molecule has 1 aliphatic rings. The van der Waals surface area contributed by atoms with Gasteiger partial charge in [-0.1, -0.05) is 11.6 Å². The molecule has 1 atom stereocenters. The summed E-state index contributed by atoms with van der Waals surface area (Å²) in [6, 6.07) is 12.5. The van der Waals surface area contributed by atoms with Gasteiger partial charge in [0.15, 0.2) is 5.82 Å². The van der Waals surface area contributed by atoms with E-state index in [0.717, 1.165) is 22.9 Å². The summed E-state index contributed by atoms with van der Waals surface area (Å²) >= 11 is 6.13. The molecule has 3 heterocycles. The minimum absolute atomic E-state index is 0.0873. The van der Waals surface area contributed by atoms with E-state index in [0.29, 0.717) is 47.4 Å². The van der Waals surface area contributed by atoms with Gasteiger partial charge in [-0.3, -0.25) is 19.8 Å². The fourth-order valence-electron chi connectivity index (χ4n) is 4.28. The van der Waals surface area contributed by atoms with Gasteiger partial charge in [-0.15, -0.1) is 0 Å². The first-order valence-electron chi connectivity index (χ1n) is 10.9. The molecule has 0 aliphatic carbocycles. The van der Waals surface area contributed by atoms with Gasteiger partial charge in [0.25, 0.3) is 5.91 Å². The van der Waals surface area contributed by atoms with Crippen LogP contribution in [0.1, 0.15) is 23.2 Å². The molecule has 1 saturated heterocycles. The topological polar surface area (TPSA) is 116 Å². The van der Waals surface area contributed by atoms with Gasteiger partial charge >= 0.3 is 0 Å². The Morgan fingerprint density at radius 1 is 1.18 bits per heavy atom. The molecule has 1 fully saturated rings. The maximum absolute atomic E-state index is 13.1. The van der Waals surface area contributed by atoms with Crippen molar-refractivity contribution in [1.82, 2.24) is 25.3 Å². The first kappa shape index (κ1) is 22.0. The number of aromatic amines is 2. The maximum Gasteiger partial charge on any atom is 0.253 e. The monoisotopic (exact) mass is 478 g/mol. The van der Waals surface area contributed by atoms with Crippen LogP contribution in [0.3, 0.4) is 0 Å². The number of H-pyrrole nitrogens is 2. The first-order chi connectivity index (χ1) is 16.5.